The van der Waals surface area contributed by atoms with Crippen LogP contribution in [0.3, 0.4) is 0 Å². The maximum Gasteiger partial charge on any atom is 0.196 e. The second-order valence-corrected chi connectivity index (χ2v) is 6.18. The van der Waals surface area contributed by atoms with Gasteiger partial charge in [0.2, 0.25) is 0 Å². The van der Waals surface area contributed by atoms with Gasteiger partial charge in [-0.2, -0.15) is 0 Å². The zero-order valence-electron chi connectivity index (χ0n) is 12.5. The minimum Gasteiger partial charge on any atom is -0.289 e. The molecule has 0 spiro atoms. The van der Waals surface area contributed by atoms with Crippen molar-refractivity contribution in [3.8, 4) is 0 Å². The van der Waals surface area contributed by atoms with E-state index in [0.29, 0.717) is 34.6 Å². The molecule has 0 amide bonds. The highest BCUT2D eigenvalue weighted by Gasteiger charge is 2.37. The van der Waals surface area contributed by atoms with Gasteiger partial charge in [-0.3, -0.25) is 14.6 Å². The molecule has 0 aliphatic heterocycles. The van der Waals surface area contributed by atoms with E-state index in [0.717, 1.165) is 11.1 Å². The van der Waals surface area contributed by atoms with Gasteiger partial charge in [-0.05, 0) is 28.7 Å². The van der Waals surface area contributed by atoms with Gasteiger partial charge < -0.3 is 0 Å². The molecule has 0 atom stereocenters. The highest BCUT2D eigenvalue weighted by molar-refractivity contribution is 6.41. The number of fused-ring (bicyclic) bond motifs is 3. The van der Waals surface area contributed by atoms with Crippen LogP contribution < -0.4 is 0 Å². The summed E-state index contributed by atoms with van der Waals surface area (Å²) in [5.74, 6) is 0.282. The lowest BCUT2D eigenvalue weighted by molar-refractivity contribution is 0.0991. The van der Waals surface area contributed by atoms with Crippen LogP contribution in [0.25, 0.3) is 5.57 Å². The normalized spacial score (nSPS) is 16.0. The summed E-state index contributed by atoms with van der Waals surface area (Å²) in [6, 6.07) is 7.84. The van der Waals surface area contributed by atoms with Crippen LogP contribution in [0.15, 0.2) is 42.2 Å². The first-order valence-electron chi connectivity index (χ1n) is 7.47. The summed E-state index contributed by atoms with van der Waals surface area (Å²) in [7, 11) is 0. The van der Waals surface area contributed by atoms with E-state index < -0.39 is 0 Å². The molecule has 1 heterocycles. The molecule has 0 saturated heterocycles. The van der Waals surface area contributed by atoms with E-state index in [1.54, 1.807) is 12.3 Å². The van der Waals surface area contributed by atoms with Crippen LogP contribution in [-0.2, 0) is 6.42 Å². The number of aromatic nitrogens is 1. The van der Waals surface area contributed by atoms with Gasteiger partial charge in [0.05, 0.1) is 5.56 Å². The summed E-state index contributed by atoms with van der Waals surface area (Å²) in [4.78, 5) is 29.5. The van der Waals surface area contributed by atoms with Gasteiger partial charge in [-0.25, -0.2) is 0 Å². The molecule has 2 aliphatic rings. The third-order valence-electron chi connectivity index (χ3n) is 4.55. The summed E-state index contributed by atoms with van der Waals surface area (Å²) >= 11 is 0. The van der Waals surface area contributed by atoms with E-state index in [9.17, 15) is 9.59 Å². The highest BCUT2D eigenvalue weighted by atomic mass is 16.1. The topological polar surface area (TPSA) is 47.0 Å². The van der Waals surface area contributed by atoms with Crippen LogP contribution in [0.1, 0.15) is 57.2 Å². The number of pyridine rings is 1. The van der Waals surface area contributed by atoms with Crippen molar-refractivity contribution >= 4 is 17.1 Å². The molecule has 4 rings (SSSR count). The lowest BCUT2D eigenvalue weighted by atomic mass is 9.85. The van der Waals surface area contributed by atoms with Gasteiger partial charge in [0.15, 0.2) is 11.6 Å². The second-order valence-electron chi connectivity index (χ2n) is 6.18. The molecule has 3 heteroatoms. The standard InChI is InChI=1S/C19H15NO2/c1-10(2)11-3-4-12-8-15-17(14(12)7-11)19(22)16-9-20-6-5-13(16)18(15)21/h3-7,9-10H,8H2,1-2H3. The SMILES string of the molecule is CC(C)c1ccc2c(c1)C1=C(C2)C(=O)c2ccncc2C1=O. The lowest BCUT2D eigenvalue weighted by Crippen LogP contribution is -2.19. The number of nitrogens with zero attached hydrogens (tertiary/aromatic N) is 1. The first-order valence-corrected chi connectivity index (χ1v) is 7.47. The van der Waals surface area contributed by atoms with Gasteiger partial charge >= 0.3 is 0 Å². The Morgan fingerprint density at radius 3 is 2.59 bits per heavy atom. The number of benzene rings is 1. The van der Waals surface area contributed by atoms with E-state index in [2.05, 4.69) is 31.0 Å². The number of Topliss-reactive ketones (excluding diaryl/α,β-unsaturated/α-hetero) is 2. The first kappa shape index (κ1) is 13.1. The monoisotopic (exact) mass is 289 g/mol. The average Bonchev–Trinajstić information content (AvgIpc) is 2.91. The molecule has 2 aromatic rings. The van der Waals surface area contributed by atoms with E-state index in [-0.39, 0.29) is 11.6 Å². The first-order chi connectivity index (χ1) is 10.6. The molecule has 108 valence electrons. The van der Waals surface area contributed by atoms with Crippen molar-refractivity contribution < 1.29 is 9.59 Å². The quantitative estimate of drug-likeness (QED) is 0.806. The van der Waals surface area contributed by atoms with Crippen molar-refractivity contribution in [2.24, 2.45) is 0 Å². The number of carbonyl (C=O) groups excluding carboxylic acids is 2. The van der Waals surface area contributed by atoms with Crippen LogP contribution in [0.5, 0.6) is 0 Å². The summed E-state index contributed by atoms with van der Waals surface area (Å²) in [6.07, 6.45) is 3.62. The zero-order chi connectivity index (χ0) is 15.4. The lowest BCUT2D eigenvalue weighted by Gasteiger charge is -2.16. The molecule has 0 saturated carbocycles. The fourth-order valence-electron chi connectivity index (χ4n) is 3.31. The minimum absolute atomic E-state index is 0.0331. The number of carbonyl (C=O) groups is 2. The molecule has 1 aromatic carbocycles. The summed E-state index contributed by atoms with van der Waals surface area (Å²) < 4.78 is 0. The van der Waals surface area contributed by atoms with Gasteiger partial charge in [0, 0.05) is 35.5 Å². The summed E-state index contributed by atoms with van der Waals surface area (Å²) in [6.45, 7) is 4.25. The van der Waals surface area contributed by atoms with Crippen LogP contribution >= 0.6 is 0 Å². The Labute approximate surface area is 128 Å². The number of hydrogen-bond acceptors (Lipinski definition) is 3. The summed E-state index contributed by atoms with van der Waals surface area (Å²) in [5, 5.41) is 0. The van der Waals surface area contributed by atoms with Crippen LogP contribution in [0.4, 0.5) is 0 Å². The van der Waals surface area contributed by atoms with Crippen molar-refractivity contribution in [1.29, 1.82) is 0 Å². The predicted octanol–water partition coefficient (Wildman–Crippen LogP) is 3.59. The molecule has 0 bridgehead atoms. The Kier molecular flexibility index (Phi) is 2.67. The van der Waals surface area contributed by atoms with Crippen LogP contribution in [0, 0.1) is 0 Å². The predicted molar refractivity (Wildman–Crippen MR) is 84.1 cm³/mol. The average molecular weight is 289 g/mol. The third kappa shape index (κ3) is 1.65. The Balaban J connectivity index is 1.93. The molecule has 3 nitrogen and oxygen atoms in total. The Morgan fingerprint density at radius 2 is 1.82 bits per heavy atom. The molecular weight excluding hydrogens is 274 g/mol. The van der Waals surface area contributed by atoms with Gasteiger partial charge in [0.1, 0.15) is 0 Å². The fourth-order valence-corrected chi connectivity index (χ4v) is 3.31. The number of rotatable bonds is 1. The third-order valence-corrected chi connectivity index (χ3v) is 4.55. The van der Waals surface area contributed by atoms with Crippen molar-refractivity contribution in [1.82, 2.24) is 4.98 Å². The van der Waals surface area contributed by atoms with Crippen molar-refractivity contribution in [2.75, 3.05) is 0 Å². The van der Waals surface area contributed by atoms with E-state index in [1.807, 2.05) is 6.07 Å². The van der Waals surface area contributed by atoms with Crippen LogP contribution in [-0.4, -0.2) is 16.6 Å². The zero-order valence-corrected chi connectivity index (χ0v) is 12.5. The van der Waals surface area contributed by atoms with Gasteiger partial charge in [-0.15, -0.1) is 0 Å². The van der Waals surface area contributed by atoms with E-state index in [1.165, 1.54) is 11.8 Å². The number of hydrogen-bond donors (Lipinski definition) is 0. The van der Waals surface area contributed by atoms with E-state index in [4.69, 9.17) is 0 Å². The Bertz CT molecular complexity index is 875. The molecule has 22 heavy (non-hydrogen) atoms. The number of allylic oxidation sites excluding steroid dienone is 2. The molecule has 0 radical (unpaired) electrons. The Morgan fingerprint density at radius 1 is 1.00 bits per heavy atom. The number of ketones is 2. The highest BCUT2D eigenvalue weighted by Crippen LogP contribution is 2.41. The van der Waals surface area contributed by atoms with Crippen molar-refractivity contribution in [3.63, 3.8) is 0 Å². The van der Waals surface area contributed by atoms with Crippen molar-refractivity contribution in [2.45, 2.75) is 26.2 Å². The molecule has 1 aromatic heterocycles. The molecule has 0 N–H and O–H groups in total. The summed E-state index contributed by atoms with van der Waals surface area (Å²) in [5.41, 5.74) is 5.31. The van der Waals surface area contributed by atoms with Crippen molar-refractivity contribution in [3.05, 3.63) is 70.0 Å². The minimum atomic E-state index is -0.0719. The smallest absolute Gasteiger partial charge is 0.196 e. The Hall–Kier alpha value is -2.55. The molecule has 0 fully saturated rings. The fraction of sp³-hybridized carbons (Fsp3) is 0.211. The van der Waals surface area contributed by atoms with Crippen LogP contribution in [0.2, 0.25) is 0 Å². The van der Waals surface area contributed by atoms with E-state index >= 15 is 0 Å². The molecular formula is C19H15NO2. The largest absolute Gasteiger partial charge is 0.289 e. The van der Waals surface area contributed by atoms with Gasteiger partial charge in [0.25, 0.3) is 0 Å². The second kappa shape index (κ2) is 4.47. The van der Waals surface area contributed by atoms with Gasteiger partial charge in [-0.1, -0.05) is 32.0 Å². The maximum absolute atomic E-state index is 12.8. The molecule has 2 aliphatic carbocycles. The maximum atomic E-state index is 12.8. The molecule has 0 unspecified atom stereocenters.